The molecule has 9 heteroatoms. The van der Waals surface area contributed by atoms with Gasteiger partial charge in [0.25, 0.3) is 5.91 Å². The summed E-state index contributed by atoms with van der Waals surface area (Å²) >= 11 is 12.4. The van der Waals surface area contributed by atoms with E-state index in [-0.39, 0.29) is 17.5 Å². The van der Waals surface area contributed by atoms with E-state index in [1.807, 2.05) is 12.1 Å². The second kappa shape index (κ2) is 11.4. The molecule has 2 saturated heterocycles. The van der Waals surface area contributed by atoms with Crippen LogP contribution in [0.25, 0.3) is 0 Å². The lowest BCUT2D eigenvalue weighted by Crippen LogP contribution is -2.40. The standard InChI is InChI=1S/C29H33Cl2FN2O4/c1-17(20-11-21(30)13-22(31)12-20)33-9-6-18(7-10-33)16-38-27-15-25(32)24(14-23(27)19-4-5-19)28(35)34-8-2-3-26(34)29(36)37/h11-15,17-19,26H,2-10,16H2,1H3,(H,36,37)/t17-,26+/m1/s1. The molecule has 1 saturated carbocycles. The van der Waals surface area contributed by atoms with Crippen molar-refractivity contribution in [1.82, 2.24) is 9.80 Å². The molecule has 3 fully saturated rings. The summed E-state index contributed by atoms with van der Waals surface area (Å²) in [7, 11) is 0. The van der Waals surface area contributed by atoms with Gasteiger partial charge in [0.2, 0.25) is 0 Å². The Hall–Kier alpha value is -2.35. The van der Waals surface area contributed by atoms with Gasteiger partial charge in [-0.25, -0.2) is 9.18 Å². The predicted octanol–water partition coefficient (Wildman–Crippen LogP) is 6.55. The highest BCUT2D eigenvalue weighted by molar-refractivity contribution is 6.34. The molecule has 2 atom stereocenters. The van der Waals surface area contributed by atoms with Crippen LogP contribution >= 0.6 is 23.2 Å². The highest BCUT2D eigenvalue weighted by Crippen LogP contribution is 2.45. The van der Waals surface area contributed by atoms with E-state index in [2.05, 4.69) is 11.8 Å². The van der Waals surface area contributed by atoms with Gasteiger partial charge in [-0.05, 0) is 106 Å². The van der Waals surface area contributed by atoms with Crippen LogP contribution in [0.5, 0.6) is 5.75 Å². The van der Waals surface area contributed by atoms with E-state index in [1.165, 1.54) is 11.0 Å². The highest BCUT2D eigenvalue weighted by Gasteiger charge is 2.37. The first kappa shape index (κ1) is 27.2. The molecule has 3 aliphatic rings. The minimum atomic E-state index is -1.05. The largest absolute Gasteiger partial charge is 0.493 e. The maximum atomic E-state index is 15.2. The number of carboxylic acids is 1. The number of hydrogen-bond donors (Lipinski definition) is 1. The minimum Gasteiger partial charge on any atom is -0.493 e. The van der Waals surface area contributed by atoms with Crippen molar-refractivity contribution in [2.75, 3.05) is 26.2 Å². The van der Waals surface area contributed by atoms with Gasteiger partial charge in [-0.1, -0.05) is 23.2 Å². The number of rotatable bonds is 8. The summed E-state index contributed by atoms with van der Waals surface area (Å²) in [6.07, 6.45) is 4.86. The molecule has 1 amide bonds. The zero-order valence-electron chi connectivity index (χ0n) is 21.5. The number of nitrogens with zero attached hydrogens (tertiary/aromatic N) is 2. The Bertz CT molecular complexity index is 1190. The Balaban J connectivity index is 1.22. The van der Waals surface area contributed by atoms with E-state index in [0.29, 0.717) is 47.7 Å². The number of halogens is 3. The molecule has 2 heterocycles. The molecular weight excluding hydrogens is 530 g/mol. The smallest absolute Gasteiger partial charge is 0.326 e. The Morgan fingerprint density at radius 3 is 2.34 bits per heavy atom. The van der Waals surface area contributed by atoms with Gasteiger partial charge < -0.3 is 14.7 Å². The molecule has 0 radical (unpaired) electrons. The van der Waals surface area contributed by atoms with E-state index >= 15 is 4.39 Å². The van der Waals surface area contributed by atoms with Gasteiger partial charge in [0, 0.05) is 28.7 Å². The number of ether oxygens (including phenoxy) is 1. The number of amides is 1. The summed E-state index contributed by atoms with van der Waals surface area (Å²) in [6.45, 7) is 4.81. The van der Waals surface area contributed by atoms with Crippen molar-refractivity contribution in [3.63, 3.8) is 0 Å². The van der Waals surface area contributed by atoms with Crippen LogP contribution in [0.15, 0.2) is 30.3 Å². The van der Waals surface area contributed by atoms with Gasteiger partial charge in [-0.2, -0.15) is 0 Å². The third-order valence-corrected chi connectivity index (χ3v) is 8.62. The molecule has 204 valence electrons. The summed E-state index contributed by atoms with van der Waals surface area (Å²) in [5, 5.41) is 10.7. The SMILES string of the molecule is C[C@H](c1cc(Cl)cc(Cl)c1)N1CCC(COc2cc(F)c(C(=O)N3CCC[C@H]3C(=O)O)cc2C2CC2)CC1. The molecule has 0 bridgehead atoms. The van der Waals surface area contributed by atoms with Crippen molar-refractivity contribution in [3.8, 4) is 5.75 Å². The Labute approximate surface area is 232 Å². The number of hydrogen-bond acceptors (Lipinski definition) is 4. The number of piperidine rings is 1. The Morgan fingerprint density at radius 1 is 1.03 bits per heavy atom. The average Bonchev–Trinajstić information content (AvgIpc) is 3.61. The molecule has 2 aliphatic heterocycles. The molecule has 0 unspecified atom stereocenters. The van der Waals surface area contributed by atoms with Crippen LogP contribution in [0.4, 0.5) is 4.39 Å². The molecule has 2 aromatic rings. The molecule has 0 spiro atoms. The fourth-order valence-electron chi connectivity index (χ4n) is 5.74. The van der Waals surface area contributed by atoms with Crippen LogP contribution in [-0.4, -0.2) is 59.1 Å². The quantitative estimate of drug-likeness (QED) is 0.395. The monoisotopic (exact) mass is 562 g/mol. The first-order valence-electron chi connectivity index (χ1n) is 13.4. The third kappa shape index (κ3) is 5.95. The van der Waals surface area contributed by atoms with Crippen LogP contribution in [0, 0.1) is 11.7 Å². The van der Waals surface area contributed by atoms with Crippen molar-refractivity contribution >= 4 is 35.1 Å². The zero-order chi connectivity index (χ0) is 27.0. The van der Waals surface area contributed by atoms with Gasteiger partial charge in [-0.3, -0.25) is 9.69 Å². The molecule has 1 aliphatic carbocycles. The molecule has 1 N–H and O–H groups in total. The molecule has 2 aromatic carbocycles. The number of benzene rings is 2. The van der Waals surface area contributed by atoms with Crippen LogP contribution in [-0.2, 0) is 4.79 Å². The molecule has 5 rings (SSSR count). The summed E-state index contributed by atoms with van der Waals surface area (Å²) in [5.41, 5.74) is 1.89. The maximum Gasteiger partial charge on any atom is 0.326 e. The number of carboxylic acid groups (broad SMARTS) is 1. The van der Waals surface area contributed by atoms with Gasteiger partial charge in [-0.15, -0.1) is 0 Å². The van der Waals surface area contributed by atoms with Crippen molar-refractivity contribution in [3.05, 3.63) is 62.9 Å². The highest BCUT2D eigenvalue weighted by atomic mass is 35.5. The van der Waals surface area contributed by atoms with E-state index in [1.54, 1.807) is 12.1 Å². The van der Waals surface area contributed by atoms with Gasteiger partial charge in [0.1, 0.15) is 17.6 Å². The van der Waals surface area contributed by atoms with Gasteiger partial charge in [0.05, 0.1) is 12.2 Å². The van der Waals surface area contributed by atoms with E-state index in [9.17, 15) is 14.7 Å². The normalized spacial score (nSPS) is 21.5. The molecule has 6 nitrogen and oxygen atoms in total. The summed E-state index contributed by atoms with van der Waals surface area (Å²) in [4.78, 5) is 28.3. The summed E-state index contributed by atoms with van der Waals surface area (Å²) < 4.78 is 21.3. The molecule has 38 heavy (non-hydrogen) atoms. The third-order valence-electron chi connectivity index (χ3n) is 8.18. The lowest BCUT2D eigenvalue weighted by molar-refractivity contribution is -0.141. The van der Waals surface area contributed by atoms with Gasteiger partial charge in [0.15, 0.2) is 0 Å². The summed E-state index contributed by atoms with van der Waals surface area (Å²) in [6, 6.07) is 7.89. The maximum absolute atomic E-state index is 15.2. The van der Waals surface area contributed by atoms with Crippen LogP contribution < -0.4 is 4.74 Å². The molecular formula is C29H33Cl2FN2O4. The lowest BCUT2D eigenvalue weighted by Gasteiger charge is -2.36. The Kier molecular flexibility index (Phi) is 8.17. The van der Waals surface area contributed by atoms with Crippen LogP contribution in [0.2, 0.25) is 10.0 Å². The fourth-order valence-corrected chi connectivity index (χ4v) is 6.28. The summed E-state index contributed by atoms with van der Waals surface area (Å²) in [5.74, 6) is -1.16. The Morgan fingerprint density at radius 2 is 1.71 bits per heavy atom. The lowest BCUT2D eigenvalue weighted by atomic mass is 9.95. The minimum absolute atomic E-state index is 0.0594. The average molecular weight is 563 g/mol. The second-order valence-electron chi connectivity index (χ2n) is 10.8. The van der Waals surface area contributed by atoms with Crippen molar-refractivity contribution < 1.29 is 23.8 Å². The number of likely N-dealkylation sites (tertiary alicyclic amines) is 2. The topological polar surface area (TPSA) is 70.1 Å². The number of carbonyl (C=O) groups is 2. The van der Waals surface area contributed by atoms with Crippen LogP contribution in [0.3, 0.4) is 0 Å². The van der Waals surface area contributed by atoms with E-state index in [4.69, 9.17) is 27.9 Å². The first-order valence-corrected chi connectivity index (χ1v) is 14.2. The predicted molar refractivity (Wildman–Crippen MR) is 145 cm³/mol. The van der Waals surface area contributed by atoms with Gasteiger partial charge >= 0.3 is 5.97 Å². The number of aliphatic carboxylic acids is 1. The number of carbonyl (C=O) groups excluding carboxylic acids is 1. The zero-order valence-corrected chi connectivity index (χ0v) is 23.0. The van der Waals surface area contributed by atoms with Crippen LogP contribution in [0.1, 0.15) is 78.9 Å². The first-order chi connectivity index (χ1) is 18.2. The second-order valence-corrected chi connectivity index (χ2v) is 11.7. The van der Waals surface area contributed by atoms with Crippen molar-refractivity contribution in [2.45, 2.75) is 63.5 Å². The molecule has 0 aromatic heterocycles. The van der Waals surface area contributed by atoms with E-state index < -0.39 is 23.7 Å². The fraction of sp³-hybridized carbons (Fsp3) is 0.517. The van der Waals surface area contributed by atoms with Crippen molar-refractivity contribution in [1.29, 1.82) is 0 Å². The van der Waals surface area contributed by atoms with Crippen molar-refractivity contribution in [2.24, 2.45) is 5.92 Å². The van der Waals surface area contributed by atoms with E-state index in [0.717, 1.165) is 49.9 Å².